The molecule has 0 radical (unpaired) electrons. The van der Waals surface area contributed by atoms with Gasteiger partial charge >= 0.3 is 0 Å². The molecule has 0 aliphatic rings. The van der Waals surface area contributed by atoms with Gasteiger partial charge in [0.05, 0.1) is 3.57 Å². The molecule has 0 N–H and O–H groups in total. The Morgan fingerprint density at radius 1 is 1.73 bits per heavy atom. The van der Waals surface area contributed by atoms with E-state index in [2.05, 4.69) is 5.10 Å². The van der Waals surface area contributed by atoms with Crippen LogP contribution in [-0.4, -0.2) is 9.78 Å². The number of halogens is 3. The van der Waals surface area contributed by atoms with Crippen molar-refractivity contribution in [3.8, 4) is 0 Å². The van der Waals surface area contributed by atoms with Crippen LogP contribution >= 0.6 is 22.6 Å². The van der Waals surface area contributed by atoms with Gasteiger partial charge in [-0.25, -0.2) is 8.78 Å². The van der Waals surface area contributed by atoms with Crippen molar-refractivity contribution >= 4 is 22.6 Å². The van der Waals surface area contributed by atoms with E-state index in [0.29, 0.717) is 10.1 Å². The zero-order chi connectivity index (χ0) is 8.43. The van der Waals surface area contributed by atoms with Gasteiger partial charge < -0.3 is 0 Å². The summed E-state index contributed by atoms with van der Waals surface area (Å²) in [6.07, 6.45) is -0.850. The van der Waals surface area contributed by atoms with E-state index in [4.69, 9.17) is 0 Å². The van der Waals surface area contributed by atoms with E-state index in [0.717, 1.165) is 0 Å². The zero-order valence-electron chi connectivity index (χ0n) is 5.89. The van der Waals surface area contributed by atoms with E-state index in [-0.39, 0.29) is 5.69 Å². The summed E-state index contributed by atoms with van der Waals surface area (Å²) in [5.41, 5.74) is -0.118. The van der Waals surface area contributed by atoms with Gasteiger partial charge in [0.2, 0.25) is 0 Å². The summed E-state index contributed by atoms with van der Waals surface area (Å²) in [5.74, 6) is 0. The smallest absolute Gasteiger partial charge is 0.271 e. The Morgan fingerprint density at radius 2 is 2.36 bits per heavy atom. The van der Waals surface area contributed by atoms with Gasteiger partial charge in [0.25, 0.3) is 6.43 Å². The molecule has 0 spiro atoms. The maximum Gasteiger partial charge on any atom is 0.283 e. The Labute approximate surface area is 76.7 Å². The maximum absolute atomic E-state index is 12.1. The van der Waals surface area contributed by atoms with E-state index in [9.17, 15) is 8.78 Å². The van der Waals surface area contributed by atoms with Gasteiger partial charge in [0.1, 0.15) is 5.69 Å². The Morgan fingerprint density at radius 3 is 2.64 bits per heavy atom. The molecule has 0 unspecified atom stereocenters. The fourth-order valence-electron chi connectivity index (χ4n) is 0.722. The second kappa shape index (κ2) is 3.46. The molecule has 0 saturated carbocycles. The Kier molecular flexibility index (Phi) is 2.80. The second-order valence-corrected chi connectivity index (χ2v) is 3.18. The first-order chi connectivity index (χ1) is 5.15. The molecule has 1 aromatic heterocycles. The van der Waals surface area contributed by atoms with Crippen molar-refractivity contribution < 1.29 is 8.78 Å². The van der Waals surface area contributed by atoms with Gasteiger partial charge in [-0.2, -0.15) is 5.10 Å². The lowest BCUT2D eigenvalue weighted by Gasteiger charge is -1.92. The van der Waals surface area contributed by atoms with Gasteiger partial charge in [0.15, 0.2) is 0 Å². The molecular weight excluding hydrogens is 265 g/mol. The summed E-state index contributed by atoms with van der Waals surface area (Å²) in [6, 6.07) is 0. The van der Waals surface area contributed by atoms with Crippen molar-refractivity contribution in [2.24, 2.45) is 0 Å². The van der Waals surface area contributed by atoms with Crippen LogP contribution in [0.25, 0.3) is 0 Å². The molecular formula is C6H7F2IN2. The molecule has 0 atom stereocenters. The average Bonchev–Trinajstić information content (AvgIpc) is 2.30. The number of rotatable bonds is 2. The predicted octanol–water partition coefficient (Wildman–Crippen LogP) is 2.45. The van der Waals surface area contributed by atoms with E-state index in [1.54, 1.807) is 6.20 Å². The Balaban J connectivity index is 2.97. The van der Waals surface area contributed by atoms with Crippen molar-refractivity contribution in [1.29, 1.82) is 0 Å². The summed E-state index contributed by atoms with van der Waals surface area (Å²) in [6.45, 7) is 2.49. The number of hydrogen-bond donors (Lipinski definition) is 0. The first kappa shape index (κ1) is 8.89. The summed E-state index contributed by atoms with van der Waals surface area (Å²) < 4.78 is 26.2. The lowest BCUT2D eigenvalue weighted by Crippen LogP contribution is -1.95. The zero-order valence-corrected chi connectivity index (χ0v) is 8.05. The predicted molar refractivity (Wildman–Crippen MR) is 45.6 cm³/mol. The number of hydrogen-bond acceptors (Lipinski definition) is 1. The standard InChI is InChI=1S/C6H7F2IN2/c1-2-11-3-4(9)5(10-11)6(7)8/h3,6H,2H2,1H3. The lowest BCUT2D eigenvalue weighted by molar-refractivity contribution is 0.144. The molecule has 0 aliphatic heterocycles. The van der Waals surface area contributed by atoms with Crippen LogP contribution in [0.15, 0.2) is 6.20 Å². The molecule has 1 heterocycles. The summed E-state index contributed by atoms with van der Waals surface area (Å²) in [4.78, 5) is 0. The largest absolute Gasteiger partial charge is 0.283 e. The van der Waals surface area contributed by atoms with Gasteiger partial charge in [-0.05, 0) is 29.5 Å². The highest BCUT2D eigenvalue weighted by Gasteiger charge is 2.15. The molecule has 1 aromatic rings. The van der Waals surface area contributed by atoms with Crippen LogP contribution in [0.5, 0.6) is 0 Å². The van der Waals surface area contributed by atoms with Gasteiger partial charge in [-0.3, -0.25) is 4.68 Å². The van der Waals surface area contributed by atoms with Crippen molar-refractivity contribution in [2.75, 3.05) is 0 Å². The molecule has 2 nitrogen and oxygen atoms in total. The van der Waals surface area contributed by atoms with Crippen LogP contribution in [0, 0.1) is 3.57 Å². The number of alkyl halides is 2. The molecule has 0 bridgehead atoms. The first-order valence-corrected chi connectivity index (χ1v) is 4.24. The molecule has 0 amide bonds. The third kappa shape index (κ3) is 1.88. The van der Waals surface area contributed by atoms with Crippen LogP contribution < -0.4 is 0 Å². The second-order valence-electron chi connectivity index (χ2n) is 2.02. The molecule has 0 aromatic carbocycles. The highest BCUT2D eigenvalue weighted by molar-refractivity contribution is 14.1. The first-order valence-electron chi connectivity index (χ1n) is 3.16. The SMILES string of the molecule is CCn1cc(I)c(C(F)F)n1. The third-order valence-corrected chi connectivity index (χ3v) is 2.11. The number of aryl methyl sites for hydroxylation is 1. The quantitative estimate of drug-likeness (QED) is 0.756. The third-order valence-electron chi connectivity index (χ3n) is 1.27. The summed E-state index contributed by atoms with van der Waals surface area (Å²) in [7, 11) is 0. The van der Waals surface area contributed by atoms with Crippen molar-refractivity contribution in [2.45, 2.75) is 19.9 Å². The topological polar surface area (TPSA) is 17.8 Å². The van der Waals surface area contributed by atoms with Gasteiger partial charge in [-0.15, -0.1) is 0 Å². The number of nitrogens with zero attached hydrogens (tertiary/aromatic N) is 2. The van der Waals surface area contributed by atoms with Crippen molar-refractivity contribution in [3.63, 3.8) is 0 Å². The molecule has 0 saturated heterocycles. The minimum absolute atomic E-state index is 0.118. The molecule has 0 aliphatic carbocycles. The fourth-order valence-corrected chi connectivity index (χ4v) is 1.39. The van der Waals surface area contributed by atoms with Gasteiger partial charge in [0, 0.05) is 12.7 Å². The van der Waals surface area contributed by atoms with Crippen LogP contribution in [0.1, 0.15) is 19.0 Å². The molecule has 5 heteroatoms. The maximum atomic E-state index is 12.1. The van der Waals surface area contributed by atoms with Crippen molar-refractivity contribution in [3.05, 3.63) is 15.5 Å². The molecule has 0 fully saturated rings. The molecule has 1 rings (SSSR count). The lowest BCUT2D eigenvalue weighted by atomic mass is 10.5. The molecule has 62 valence electrons. The van der Waals surface area contributed by atoms with E-state index in [1.807, 2.05) is 29.5 Å². The van der Waals surface area contributed by atoms with Crippen LogP contribution in [-0.2, 0) is 6.54 Å². The number of aromatic nitrogens is 2. The van der Waals surface area contributed by atoms with E-state index >= 15 is 0 Å². The molecule has 11 heavy (non-hydrogen) atoms. The summed E-state index contributed by atoms with van der Waals surface area (Å²) >= 11 is 1.86. The highest BCUT2D eigenvalue weighted by atomic mass is 127. The van der Waals surface area contributed by atoms with Crippen molar-refractivity contribution in [1.82, 2.24) is 9.78 Å². The normalized spacial score (nSPS) is 11.0. The monoisotopic (exact) mass is 272 g/mol. The van der Waals surface area contributed by atoms with E-state index in [1.165, 1.54) is 4.68 Å². The van der Waals surface area contributed by atoms with Crippen LogP contribution in [0.4, 0.5) is 8.78 Å². The fraction of sp³-hybridized carbons (Fsp3) is 0.500. The summed E-state index contributed by atoms with van der Waals surface area (Å²) in [5, 5.41) is 3.69. The van der Waals surface area contributed by atoms with Crippen LogP contribution in [0.2, 0.25) is 0 Å². The van der Waals surface area contributed by atoms with Crippen LogP contribution in [0.3, 0.4) is 0 Å². The average molecular weight is 272 g/mol. The minimum Gasteiger partial charge on any atom is -0.271 e. The Hall–Kier alpha value is -0.200. The minimum atomic E-state index is -2.46. The Bertz CT molecular complexity index is 247. The van der Waals surface area contributed by atoms with Gasteiger partial charge in [-0.1, -0.05) is 0 Å². The van der Waals surface area contributed by atoms with E-state index < -0.39 is 6.43 Å². The highest BCUT2D eigenvalue weighted by Crippen LogP contribution is 2.22.